The lowest BCUT2D eigenvalue weighted by Crippen LogP contribution is -2.30. The van der Waals surface area contributed by atoms with Crippen LogP contribution in [0, 0.1) is 0 Å². The van der Waals surface area contributed by atoms with Gasteiger partial charge >= 0.3 is 11.9 Å². The van der Waals surface area contributed by atoms with Gasteiger partial charge in [-0.3, -0.25) is 4.90 Å². The molecule has 0 radical (unpaired) electrons. The smallest absolute Gasteiger partial charge is 0.328 e. The van der Waals surface area contributed by atoms with Crippen molar-refractivity contribution in [1.82, 2.24) is 9.88 Å². The normalized spacial score (nSPS) is 14.6. The molecule has 1 aromatic rings. The third-order valence-electron chi connectivity index (χ3n) is 3.44. The van der Waals surface area contributed by atoms with Crippen LogP contribution >= 0.6 is 22.9 Å². The number of hydrogen-bond acceptors (Lipinski definition) is 6. The number of carboxylic acid groups (broad SMARTS) is 2. The van der Waals surface area contributed by atoms with Gasteiger partial charge in [0.25, 0.3) is 0 Å². The number of halogens is 1. The minimum absolute atomic E-state index is 0.381. The van der Waals surface area contributed by atoms with Gasteiger partial charge in [0.05, 0.1) is 5.69 Å². The molecule has 2 heterocycles. The van der Waals surface area contributed by atoms with E-state index in [-0.39, 0.29) is 0 Å². The first-order valence-corrected chi connectivity index (χ1v) is 9.90. The van der Waals surface area contributed by atoms with Gasteiger partial charge in [-0.1, -0.05) is 35.9 Å². The molecule has 0 aromatic carbocycles. The van der Waals surface area contributed by atoms with Crippen molar-refractivity contribution < 1.29 is 19.8 Å². The number of carboxylic acids is 2. The van der Waals surface area contributed by atoms with Crippen LogP contribution in [-0.4, -0.2) is 57.7 Å². The molecule has 0 atom stereocenters. The van der Waals surface area contributed by atoms with Gasteiger partial charge < -0.3 is 15.5 Å². The molecule has 9 heteroatoms. The summed E-state index contributed by atoms with van der Waals surface area (Å²) in [5, 5.41) is 19.9. The molecule has 0 unspecified atom stereocenters. The minimum atomic E-state index is -1.26. The summed E-state index contributed by atoms with van der Waals surface area (Å²) in [6, 6.07) is 0.381. The van der Waals surface area contributed by atoms with Gasteiger partial charge in [-0.25, -0.2) is 14.6 Å². The molecule has 150 valence electrons. The SMILES string of the molecule is CCCN1CCC=C(c2nc(NC(C)C)sc2Cl)C1.O=C(O)/C=C/C(=O)O. The van der Waals surface area contributed by atoms with Crippen LogP contribution in [0.1, 0.15) is 39.3 Å². The average molecular weight is 416 g/mol. The second kappa shape index (κ2) is 11.7. The first kappa shape index (κ1) is 23.1. The highest BCUT2D eigenvalue weighted by Gasteiger charge is 2.19. The van der Waals surface area contributed by atoms with Gasteiger partial charge in [0.15, 0.2) is 5.13 Å². The highest BCUT2D eigenvalue weighted by molar-refractivity contribution is 7.19. The van der Waals surface area contributed by atoms with Crippen LogP contribution in [0.25, 0.3) is 5.57 Å². The Morgan fingerprint density at radius 3 is 2.52 bits per heavy atom. The lowest BCUT2D eigenvalue weighted by atomic mass is 10.1. The topological polar surface area (TPSA) is 103 Å². The van der Waals surface area contributed by atoms with E-state index in [9.17, 15) is 9.59 Å². The maximum absolute atomic E-state index is 9.55. The highest BCUT2D eigenvalue weighted by atomic mass is 35.5. The van der Waals surface area contributed by atoms with E-state index in [4.69, 9.17) is 21.8 Å². The number of aromatic nitrogens is 1. The minimum Gasteiger partial charge on any atom is -0.478 e. The predicted octanol–water partition coefficient (Wildman–Crippen LogP) is 3.83. The van der Waals surface area contributed by atoms with Crippen molar-refractivity contribution in [2.24, 2.45) is 0 Å². The molecule has 0 saturated carbocycles. The van der Waals surface area contributed by atoms with Crippen LogP contribution in [-0.2, 0) is 9.59 Å². The van der Waals surface area contributed by atoms with Crippen molar-refractivity contribution in [1.29, 1.82) is 0 Å². The van der Waals surface area contributed by atoms with Gasteiger partial charge in [-0.15, -0.1) is 0 Å². The number of nitrogens with zero attached hydrogens (tertiary/aromatic N) is 2. The van der Waals surface area contributed by atoms with Gasteiger partial charge in [0.1, 0.15) is 4.34 Å². The Hall–Kier alpha value is -1.90. The number of thiazole rings is 1. The molecule has 0 aliphatic carbocycles. The Morgan fingerprint density at radius 2 is 2.00 bits per heavy atom. The lowest BCUT2D eigenvalue weighted by Gasteiger charge is -2.26. The first-order chi connectivity index (χ1) is 12.7. The standard InChI is InChI=1S/C14H22ClN3S.C4H4O4/c1-4-7-18-8-5-6-11(9-18)12-13(15)19-14(17-12)16-10(2)3;5-3(6)1-2-4(7)8/h6,10H,4-5,7-9H2,1-3H3,(H,16,17);1-2H,(H,5,6)(H,7,8)/b;2-1+. The fourth-order valence-corrected chi connectivity index (χ4v) is 3.69. The molecule has 0 spiro atoms. The Kier molecular flexibility index (Phi) is 10.1. The predicted molar refractivity (Wildman–Crippen MR) is 110 cm³/mol. The van der Waals surface area contributed by atoms with Gasteiger partial charge in [0.2, 0.25) is 0 Å². The van der Waals surface area contributed by atoms with Crippen LogP contribution in [0.15, 0.2) is 18.2 Å². The molecule has 27 heavy (non-hydrogen) atoms. The van der Waals surface area contributed by atoms with E-state index < -0.39 is 11.9 Å². The number of rotatable bonds is 7. The summed E-state index contributed by atoms with van der Waals surface area (Å²) >= 11 is 7.88. The number of carbonyl (C=O) groups is 2. The van der Waals surface area contributed by atoms with Crippen molar-refractivity contribution in [3.05, 3.63) is 28.3 Å². The third kappa shape index (κ3) is 9.03. The van der Waals surface area contributed by atoms with Crippen molar-refractivity contribution in [2.45, 2.75) is 39.7 Å². The second-order valence-corrected chi connectivity index (χ2v) is 7.85. The van der Waals surface area contributed by atoms with E-state index >= 15 is 0 Å². The van der Waals surface area contributed by atoms with Crippen molar-refractivity contribution in [2.75, 3.05) is 25.0 Å². The quantitative estimate of drug-likeness (QED) is 0.581. The van der Waals surface area contributed by atoms with Crippen LogP contribution in [0.4, 0.5) is 5.13 Å². The van der Waals surface area contributed by atoms with E-state index in [1.807, 2.05) is 0 Å². The average Bonchev–Trinajstić information content (AvgIpc) is 2.94. The van der Waals surface area contributed by atoms with Crippen molar-refractivity contribution >= 4 is 45.6 Å². The summed E-state index contributed by atoms with van der Waals surface area (Å²) in [5.74, 6) is -2.51. The van der Waals surface area contributed by atoms with Crippen molar-refractivity contribution in [3.8, 4) is 0 Å². The Bertz CT molecular complexity index is 685. The highest BCUT2D eigenvalue weighted by Crippen LogP contribution is 2.34. The first-order valence-electron chi connectivity index (χ1n) is 8.71. The van der Waals surface area contributed by atoms with E-state index in [0.29, 0.717) is 18.2 Å². The van der Waals surface area contributed by atoms with Gasteiger partial charge in [0, 0.05) is 31.3 Å². The largest absolute Gasteiger partial charge is 0.478 e. The lowest BCUT2D eigenvalue weighted by molar-refractivity contribution is -0.134. The molecular formula is C18H26ClN3O4S. The van der Waals surface area contributed by atoms with E-state index in [1.54, 1.807) is 0 Å². The molecule has 0 saturated heterocycles. The van der Waals surface area contributed by atoms with E-state index in [0.717, 1.165) is 41.2 Å². The molecule has 1 aromatic heterocycles. The molecule has 0 bridgehead atoms. The second-order valence-electron chi connectivity index (χ2n) is 6.24. The molecule has 0 fully saturated rings. The fourth-order valence-electron chi connectivity index (χ4n) is 2.44. The molecule has 3 N–H and O–H groups in total. The summed E-state index contributed by atoms with van der Waals surface area (Å²) in [6.45, 7) is 9.71. The van der Waals surface area contributed by atoms with Crippen LogP contribution < -0.4 is 5.32 Å². The molecule has 1 aliphatic heterocycles. The molecule has 0 amide bonds. The Balaban J connectivity index is 0.000000387. The van der Waals surface area contributed by atoms with Crippen LogP contribution in [0.3, 0.4) is 0 Å². The maximum Gasteiger partial charge on any atom is 0.328 e. The van der Waals surface area contributed by atoms with Crippen molar-refractivity contribution in [3.63, 3.8) is 0 Å². The maximum atomic E-state index is 9.55. The summed E-state index contributed by atoms with van der Waals surface area (Å²) in [4.78, 5) is 26.2. The zero-order chi connectivity index (χ0) is 20.4. The monoisotopic (exact) mass is 415 g/mol. The summed E-state index contributed by atoms with van der Waals surface area (Å²) in [5.41, 5.74) is 2.24. The molecular weight excluding hydrogens is 390 g/mol. The van der Waals surface area contributed by atoms with Crippen LogP contribution in [0.2, 0.25) is 4.34 Å². The third-order valence-corrected chi connectivity index (χ3v) is 4.63. The summed E-state index contributed by atoms with van der Waals surface area (Å²) in [6.07, 6.45) is 5.69. The van der Waals surface area contributed by atoms with Gasteiger partial charge in [-0.2, -0.15) is 0 Å². The van der Waals surface area contributed by atoms with E-state index in [2.05, 4.69) is 42.0 Å². The number of anilines is 1. The number of nitrogens with one attached hydrogen (secondary N) is 1. The van der Waals surface area contributed by atoms with Gasteiger partial charge in [-0.05, 0) is 38.8 Å². The molecule has 7 nitrogen and oxygen atoms in total. The Morgan fingerprint density at radius 1 is 1.37 bits per heavy atom. The Labute approximate surface area is 168 Å². The molecule has 1 aliphatic rings. The zero-order valence-electron chi connectivity index (χ0n) is 15.7. The summed E-state index contributed by atoms with van der Waals surface area (Å²) < 4.78 is 0.799. The zero-order valence-corrected chi connectivity index (χ0v) is 17.3. The number of hydrogen-bond donors (Lipinski definition) is 3. The van der Waals surface area contributed by atoms with E-state index in [1.165, 1.54) is 23.3 Å². The summed E-state index contributed by atoms with van der Waals surface area (Å²) in [7, 11) is 0. The van der Waals surface area contributed by atoms with Crippen LogP contribution in [0.5, 0.6) is 0 Å². The number of aliphatic carboxylic acids is 2. The molecule has 2 rings (SSSR count). The fraction of sp³-hybridized carbons (Fsp3) is 0.500.